The minimum atomic E-state index is -1.01. The highest BCUT2D eigenvalue weighted by Gasteiger charge is 2.36. The number of β-lactam (4-membered cyclic amide) rings is 1. The monoisotopic (exact) mass is 260 g/mol. The highest BCUT2D eigenvalue weighted by atomic mass is 32.2. The lowest BCUT2D eigenvalue weighted by atomic mass is 10.1. The van der Waals surface area contributed by atoms with Crippen LogP contribution < -0.4 is 5.32 Å². The van der Waals surface area contributed by atoms with E-state index >= 15 is 0 Å². The minimum Gasteiger partial charge on any atom is -0.465 e. The average Bonchev–Trinajstić information content (AvgIpc) is 2.27. The second-order valence-electron chi connectivity index (χ2n) is 3.47. The number of nitrogens with one attached hydrogen (secondary N) is 1. The summed E-state index contributed by atoms with van der Waals surface area (Å²) >= 11 is 1.59. The summed E-state index contributed by atoms with van der Waals surface area (Å²) in [5.74, 6) is 1.43. The van der Waals surface area contributed by atoms with Crippen molar-refractivity contribution in [1.82, 2.24) is 10.4 Å². The Bertz CT molecular complexity index is 298. The van der Waals surface area contributed by atoms with Gasteiger partial charge < -0.3 is 10.4 Å². The number of rotatable bonds is 8. The first-order chi connectivity index (χ1) is 8.15. The minimum absolute atomic E-state index is 0.0129. The van der Waals surface area contributed by atoms with Crippen LogP contribution in [0.4, 0.5) is 4.79 Å². The van der Waals surface area contributed by atoms with Crippen LogP contribution in [0.25, 0.3) is 0 Å². The first-order valence-corrected chi connectivity index (χ1v) is 6.41. The number of hydroxylamine groups is 2. The van der Waals surface area contributed by atoms with Gasteiger partial charge in [0.25, 0.3) is 0 Å². The Hall–Kier alpha value is -1.21. The maximum absolute atomic E-state index is 11.2. The Morgan fingerprint density at radius 1 is 1.76 bits per heavy atom. The van der Waals surface area contributed by atoms with E-state index in [9.17, 15) is 9.59 Å². The van der Waals surface area contributed by atoms with E-state index in [-0.39, 0.29) is 11.9 Å². The molecule has 1 unspecified atom stereocenters. The second-order valence-corrected chi connectivity index (χ2v) is 4.62. The molecule has 17 heavy (non-hydrogen) atoms. The van der Waals surface area contributed by atoms with Crippen molar-refractivity contribution in [2.45, 2.75) is 12.5 Å². The Balaban J connectivity index is 2.08. The van der Waals surface area contributed by atoms with Crippen LogP contribution in [0.2, 0.25) is 0 Å². The fourth-order valence-electron chi connectivity index (χ4n) is 1.35. The fraction of sp³-hybridized carbons (Fsp3) is 0.600. The molecule has 0 aromatic carbocycles. The molecule has 2 N–H and O–H groups in total. The van der Waals surface area contributed by atoms with Crippen LogP contribution in [0.3, 0.4) is 0 Å². The molecular weight excluding hydrogens is 244 g/mol. The molecule has 1 saturated heterocycles. The van der Waals surface area contributed by atoms with Crippen molar-refractivity contribution in [3.8, 4) is 0 Å². The number of hydrogen-bond acceptors (Lipinski definition) is 4. The molecule has 0 bridgehead atoms. The van der Waals surface area contributed by atoms with Gasteiger partial charge >= 0.3 is 6.09 Å². The van der Waals surface area contributed by atoms with Crippen LogP contribution in [-0.4, -0.2) is 52.9 Å². The molecule has 0 aromatic heterocycles. The molecule has 7 heteroatoms. The standard InChI is InChI=1S/C10H16N2O4S/c1-2-4-16-12-8(6-9(12)13)7-17-5-3-11-10(14)15/h2,8,11H,1,3-7H2,(H,14,15). The van der Waals surface area contributed by atoms with Gasteiger partial charge in [-0.25, -0.2) is 9.86 Å². The van der Waals surface area contributed by atoms with Gasteiger partial charge in [0.2, 0.25) is 5.91 Å². The lowest BCUT2D eigenvalue weighted by molar-refractivity contribution is -0.219. The predicted molar refractivity (Wildman–Crippen MR) is 64.8 cm³/mol. The molecule has 1 atom stereocenters. The van der Waals surface area contributed by atoms with Gasteiger partial charge in [-0.2, -0.15) is 11.8 Å². The molecule has 0 spiro atoms. The van der Waals surface area contributed by atoms with Crippen LogP contribution in [0, 0.1) is 0 Å². The Morgan fingerprint density at radius 2 is 2.53 bits per heavy atom. The van der Waals surface area contributed by atoms with Gasteiger partial charge in [0.15, 0.2) is 0 Å². The van der Waals surface area contributed by atoms with Gasteiger partial charge in [0.05, 0.1) is 19.1 Å². The number of amides is 2. The smallest absolute Gasteiger partial charge is 0.404 e. The van der Waals surface area contributed by atoms with E-state index in [2.05, 4.69) is 11.9 Å². The summed E-state index contributed by atoms with van der Waals surface area (Å²) in [6.07, 6.45) is 1.07. The number of carbonyl (C=O) groups is 2. The molecule has 1 rings (SSSR count). The highest BCUT2D eigenvalue weighted by molar-refractivity contribution is 7.99. The molecule has 2 amide bonds. The van der Waals surface area contributed by atoms with Gasteiger partial charge in [0, 0.05) is 18.1 Å². The van der Waals surface area contributed by atoms with Crippen molar-refractivity contribution < 1.29 is 19.5 Å². The number of carboxylic acid groups (broad SMARTS) is 1. The Morgan fingerprint density at radius 3 is 3.12 bits per heavy atom. The lowest BCUT2D eigenvalue weighted by Gasteiger charge is -2.38. The van der Waals surface area contributed by atoms with Crippen molar-refractivity contribution in [1.29, 1.82) is 0 Å². The van der Waals surface area contributed by atoms with Crippen LogP contribution in [0.5, 0.6) is 0 Å². The molecule has 0 aromatic rings. The molecular formula is C10H16N2O4S. The number of thioether (sulfide) groups is 1. The summed E-state index contributed by atoms with van der Waals surface area (Å²) in [6, 6.07) is 0.0947. The normalized spacial score (nSPS) is 18.7. The van der Waals surface area contributed by atoms with Crippen molar-refractivity contribution in [2.24, 2.45) is 0 Å². The maximum Gasteiger partial charge on any atom is 0.404 e. The molecule has 0 saturated carbocycles. The van der Waals surface area contributed by atoms with Gasteiger partial charge in [0.1, 0.15) is 0 Å². The number of carbonyl (C=O) groups excluding carboxylic acids is 1. The maximum atomic E-state index is 11.2. The molecule has 0 radical (unpaired) electrons. The number of hydrogen-bond donors (Lipinski definition) is 2. The SMILES string of the molecule is C=CCON1C(=O)CC1CSCCNC(=O)O. The van der Waals surface area contributed by atoms with Crippen LogP contribution in [0.1, 0.15) is 6.42 Å². The molecule has 1 heterocycles. The molecule has 1 aliphatic rings. The van der Waals surface area contributed by atoms with Crippen molar-refractivity contribution in [3.63, 3.8) is 0 Å². The van der Waals surface area contributed by atoms with E-state index in [4.69, 9.17) is 9.94 Å². The highest BCUT2D eigenvalue weighted by Crippen LogP contribution is 2.23. The van der Waals surface area contributed by atoms with Crippen molar-refractivity contribution in [3.05, 3.63) is 12.7 Å². The fourth-order valence-corrected chi connectivity index (χ4v) is 2.29. The molecule has 1 aliphatic heterocycles. The van der Waals surface area contributed by atoms with E-state index in [1.165, 1.54) is 5.06 Å². The van der Waals surface area contributed by atoms with Crippen LogP contribution >= 0.6 is 11.8 Å². The number of nitrogens with zero attached hydrogens (tertiary/aromatic N) is 1. The van der Waals surface area contributed by atoms with E-state index in [0.717, 1.165) is 5.75 Å². The Kier molecular flexibility index (Phi) is 5.85. The predicted octanol–water partition coefficient (Wildman–Crippen LogP) is 0.706. The second kappa shape index (κ2) is 7.18. The summed E-state index contributed by atoms with van der Waals surface area (Å²) in [4.78, 5) is 26.6. The molecule has 96 valence electrons. The third-order valence-electron chi connectivity index (χ3n) is 2.15. The lowest BCUT2D eigenvalue weighted by Crippen LogP contribution is -2.53. The zero-order valence-corrected chi connectivity index (χ0v) is 10.2. The van der Waals surface area contributed by atoms with Gasteiger partial charge in [-0.15, -0.1) is 6.58 Å². The first-order valence-electron chi connectivity index (χ1n) is 5.25. The summed E-state index contributed by atoms with van der Waals surface area (Å²) in [5, 5.41) is 12.0. The van der Waals surface area contributed by atoms with Gasteiger partial charge in [-0.1, -0.05) is 6.08 Å². The van der Waals surface area contributed by atoms with Crippen LogP contribution in [-0.2, 0) is 9.63 Å². The Labute approximate surface area is 104 Å². The van der Waals surface area contributed by atoms with Crippen LogP contribution in [0.15, 0.2) is 12.7 Å². The third kappa shape index (κ3) is 4.66. The molecule has 1 fully saturated rings. The average molecular weight is 260 g/mol. The topological polar surface area (TPSA) is 78.9 Å². The zero-order chi connectivity index (χ0) is 12.7. The third-order valence-corrected chi connectivity index (χ3v) is 3.27. The van der Waals surface area contributed by atoms with Gasteiger partial charge in [-0.05, 0) is 0 Å². The van der Waals surface area contributed by atoms with E-state index in [1.807, 2.05) is 0 Å². The molecule has 0 aliphatic carbocycles. The van der Waals surface area contributed by atoms with E-state index in [0.29, 0.717) is 25.3 Å². The van der Waals surface area contributed by atoms with Gasteiger partial charge in [-0.3, -0.25) is 9.63 Å². The van der Waals surface area contributed by atoms with Crippen molar-refractivity contribution in [2.75, 3.05) is 24.7 Å². The van der Waals surface area contributed by atoms with Crippen molar-refractivity contribution >= 4 is 23.8 Å². The van der Waals surface area contributed by atoms with E-state index in [1.54, 1.807) is 17.8 Å². The summed E-state index contributed by atoms with van der Waals surface area (Å²) in [7, 11) is 0. The zero-order valence-electron chi connectivity index (χ0n) is 9.42. The summed E-state index contributed by atoms with van der Waals surface area (Å²) in [6.45, 7) is 4.25. The largest absolute Gasteiger partial charge is 0.465 e. The summed E-state index contributed by atoms with van der Waals surface area (Å²) < 4.78 is 0. The molecule has 6 nitrogen and oxygen atoms in total. The summed E-state index contributed by atoms with van der Waals surface area (Å²) in [5.41, 5.74) is 0. The first kappa shape index (κ1) is 13.9. The quantitative estimate of drug-likeness (QED) is 0.382. The van der Waals surface area contributed by atoms with E-state index < -0.39 is 6.09 Å².